The molecule has 0 radical (unpaired) electrons. The third-order valence-corrected chi connectivity index (χ3v) is 3.55. The van der Waals surface area contributed by atoms with Crippen molar-refractivity contribution in [3.05, 3.63) is 59.4 Å². The van der Waals surface area contributed by atoms with Crippen molar-refractivity contribution in [3.63, 3.8) is 0 Å². The van der Waals surface area contributed by atoms with Gasteiger partial charge in [0, 0.05) is 12.2 Å². The van der Waals surface area contributed by atoms with Crippen LogP contribution >= 0.6 is 0 Å². The molecular formula is C19H20N4O2. The van der Waals surface area contributed by atoms with Crippen molar-refractivity contribution in [2.75, 3.05) is 11.9 Å². The van der Waals surface area contributed by atoms with E-state index in [2.05, 4.69) is 22.5 Å². The van der Waals surface area contributed by atoms with E-state index in [-0.39, 0.29) is 17.3 Å². The number of anilines is 1. The number of amides is 2. The van der Waals surface area contributed by atoms with Crippen molar-refractivity contribution in [2.45, 2.75) is 26.2 Å². The van der Waals surface area contributed by atoms with Crippen LogP contribution in [0.25, 0.3) is 0 Å². The predicted octanol–water partition coefficient (Wildman–Crippen LogP) is 3.13. The summed E-state index contributed by atoms with van der Waals surface area (Å²) in [6, 6.07) is 13.3. The first-order chi connectivity index (χ1) is 12.1. The van der Waals surface area contributed by atoms with Crippen molar-refractivity contribution >= 4 is 17.5 Å². The van der Waals surface area contributed by atoms with Gasteiger partial charge in [-0.15, -0.1) is 0 Å². The van der Waals surface area contributed by atoms with Gasteiger partial charge in [-0.3, -0.25) is 9.59 Å². The lowest BCUT2D eigenvalue weighted by atomic mass is 10.2. The van der Waals surface area contributed by atoms with E-state index in [0.717, 1.165) is 19.3 Å². The molecule has 2 amide bonds. The van der Waals surface area contributed by atoms with Crippen LogP contribution in [0.5, 0.6) is 0 Å². The average Bonchev–Trinajstić information content (AvgIpc) is 2.65. The Morgan fingerprint density at radius 2 is 1.72 bits per heavy atom. The summed E-state index contributed by atoms with van der Waals surface area (Å²) in [5.41, 5.74) is 1.44. The standard InChI is InChI=1S/C19H20N4O2/c1-2-3-4-12-21-18(24)16-6-5-7-17(23-16)19(25)22-15-10-8-14(13-20)9-11-15/h5-11H,2-4,12H2,1H3,(H,21,24)(H,22,25). The van der Waals surface area contributed by atoms with Crippen LogP contribution in [0.15, 0.2) is 42.5 Å². The molecule has 0 aliphatic heterocycles. The fourth-order valence-corrected chi connectivity index (χ4v) is 2.18. The molecule has 1 aromatic heterocycles. The van der Waals surface area contributed by atoms with E-state index >= 15 is 0 Å². The number of nitriles is 1. The molecule has 2 rings (SSSR count). The van der Waals surface area contributed by atoms with E-state index in [9.17, 15) is 9.59 Å². The van der Waals surface area contributed by atoms with E-state index in [4.69, 9.17) is 5.26 Å². The van der Waals surface area contributed by atoms with E-state index in [1.54, 1.807) is 42.5 Å². The van der Waals surface area contributed by atoms with Crippen molar-refractivity contribution in [1.29, 1.82) is 5.26 Å². The van der Waals surface area contributed by atoms with Crippen LogP contribution in [0.4, 0.5) is 5.69 Å². The van der Waals surface area contributed by atoms with Crippen LogP contribution in [-0.2, 0) is 0 Å². The predicted molar refractivity (Wildman–Crippen MR) is 95.2 cm³/mol. The van der Waals surface area contributed by atoms with Gasteiger partial charge < -0.3 is 10.6 Å². The Labute approximate surface area is 146 Å². The van der Waals surface area contributed by atoms with Crippen LogP contribution in [0.1, 0.15) is 52.7 Å². The molecule has 0 fully saturated rings. The molecule has 6 heteroatoms. The molecule has 0 saturated heterocycles. The van der Waals surface area contributed by atoms with Crippen LogP contribution < -0.4 is 10.6 Å². The maximum Gasteiger partial charge on any atom is 0.274 e. The third-order valence-electron chi connectivity index (χ3n) is 3.55. The molecule has 128 valence electrons. The molecule has 0 spiro atoms. The van der Waals surface area contributed by atoms with Crippen molar-refractivity contribution < 1.29 is 9.59 Å². The van der Waals surface area contributed by atoms with E-state index in [1.807, 2.05) is 6.07 Å². The van der Waals surface area contributed by atoms with Gasteiger partial charge in [-0.05, 0) is 42.8 Å². The van der Waals surface area contributed by atoms with Gasteiger partial charge >= 0.3 is 0 Å². The first kappa shape index (κ1) is 18.1. The second-order valence-corrected chi connectivity index (χ2v) is 5.51. The summed E-state index contributed by atoms with van der Waals surface area (Å²) in [5, 5.41) is 14.3. The summed E-state index contributed by atoms with van der Waals surface area (Å²) >= 11 is 0. The molecule has 0 bridgehead atoms. The first-order valence-corrected chi connectivity index (χ1v) is 8.21. The molecule has 0 saturated carbocycles. The lowest BCUT2D eigenvalue weighted by Gasteiger charge is -2.07. The highest BCUT2D eigenvalue weighted by Gasteiger charge is 2.12. The number of pyridine rings is 1. The minimum absolute atomic E-state index is 0.158. The van der Waals surface area contributed by atoms with Crippen molar-refractivity contribution in [2.24, 2.45) is 0 Å². The number of hydrogen-bond acceptors (Lipinski definition) is 4. The second kappa shape index (κ2) is 9.18. The molecule has 1 aromatic carbocycles. The maximum atomic E-state index is 12.3. The van der Waals surface area contributed by atoms with Gasteiger partial charge in [0.15, 0.2) is 0 Å². The molecule has 2 N–H and O–H groups in total. The van der Waals surface area contributed by atoms with E-state index in [1.165, 1.54) is 0 Å². The fourth-order valence-electron chi connectivity index (χ4n) is 2.18. The van der Waals surface area contributed by atoms with Gasteiger partial charge in [-0.1, -0.05) is 25.8 Å². The summed E-state index contributed by atoms with van der Waals surface area (Å²) < 4.78 is 0. The van der Waals surface area contributed by atoms with Gasteiger partial charge in [-0.25, -0.2) is 4.98 Å². The summed E-state index contributed by atoms with van der Waals surface area (Å²) in [7, 11) is 0. The zero-order chi connectivity index (χ0) is 18.1. The van der Waals surface area contributed by atoms with Crippen molar-refractivity contribution in [1.82, 2.24) is 10.3 Å². The second-order valence-electron chi connectivity index (χ2n) is 5.51. The van der Waals surface area contributed by atoms with E-state index in [0.29, 0.717) is 17.8 Å². The number of aromatic nitrogens is 1. The van der Waals surface area contributed by atoms with Gasteiger partial charge in [0.1, 0.15) is 11.4 Å². The smallest absolute Gasteiger partial charge is 0.274 e. The van der Waals surface area contributed by atoms with E-state index < -0.39 is 5.91 Å². The highest BCUT2D eigenvalue weighted by atomic mass is 16.2. The minimum Gasteiger partial charge on any atom is -0.351 e. The zero-order valence-electron chi connectivity index (χ0n) is 14.1. The largest absolute Gasteiger partial charge is 0.351 e. The summed E-state index contributed by atoms with van der Waals surface area (Å²) in [5.74, 6) is -0.700. The molecule has 1 heterocycles. The minimum atomic E-state index is -0.412. The molecule has 2 aromatic rings. The monoisotopic (exact) mass is 336 g/mol. The highest BCUT2D eigenvalue weighted by Crippen LogP contribution is 2.10. The van der Waals surface area contributed by atoms with Gasteiger partial charge in [0.2, 0.25) is 0 Å². The van der Waals surface area contributed by atoms with Crippen LogP contribution in [0.3, 0.4) is 0 Å². The lowest BCUT2D eigenvalue weighted by molar-refractivity contribution is 0.0948. The van der Waals surface area contributed by atoms with Crippen molar-refractivity contribution in [3.8, 4) is 6.07 Å². The zero-order valence-corrected chi connectivity index (χ0v) is 14.1. The topological polar surface area (TPSA) is 94.9 Å². The number of carbonyl (C=O) groups excluding carboxylic acids is 2. The summed E-state index contributed by atoms with van der Waals surface area (Å²) in [6.45, 7) is 2.69. The Bertz CT molecular complexity index is 779. The molecule has 0 unspecified atom stereocenters. The first-order valence-electron chi connectivity index (χ1n) is 8.21. The summed E-state index contributed by atoms with van der Waals surface area (Å²) in [6.07, 6.45) is 3.06. The fraction of sp³-hybridized carbons (Fsp3) is 0.263. The van der Waals surface area contributed by atoms with Gasteiger partial charge in [-0.2, -0.15) is 5.26 Å². The molecule has 0 aliphatic rings. The van der Waals surface area contributed by atoms with Gasteiger partial charge in [0.05, 0.1) is 11.6 Å². The van der Waals surface area contributed by atoms with Crippen LogP contribution in [0.2, 0.25) is 0 Å². The Morgan fingerprint density at radius 1 is 1.04 bits per heavy atom. The Kier molecular flexibility index (Phi) is 6.66. The highest BCUT2D eigenvalue weighted by molar-refractivity contribution is 6.03. The van der Waals surface area contributed by atoms with Crippen LogP contribution in [-0.4, -0.2) is 23.3 Å². The number of nitrogens with zero attached hydrogens (tertiary/aromatic N) is 2. The number of unbranched alkanes of at least 4 members (excludes halogenated alkanes) is 2. The lowest BCUT2D eigenvalue weighted by Crippen LogP contribution is -2.26. The number of carbonyl (C=O) groups is 2. The Morgan fingerprint density at radius 3 is 2.36 bits per heavy atom. The maximum absolute atomic E-state index is 12.3. The Balaban J connectivity index is 2.00. The van der Waals surface area contributed by atoms with Crippen LogP contribution in [0, 0.1) is 11.3 Å². The molecule has 0 aliphatic carbocycles. The Hall–Kier alpha value is -3.20. The quantitative estimate of drug-likeness (QED) is 0.759. The molecular weight excluding hydrogens is 316 g/mol. The molecule has 0 atom stereocenters. The molecule has 25 heavy (non-hydrogen) atoms. The average molecular weight is 336 g/mol. The summed E-state index contributed by atoms with van der Waals surface area (Å²) in [4.78, 5) is 28.5. The molecule has 6 nitrogen and oxygen atoms in total. The van der Waals surface area contributed by atoms with Gasteiger partial charge in [0.25, 0.3) is 11.8 Å². The normalized spacial score (nSPS) is 9.92. The number of nitrogens with one attached hydrogen (secondary N) is 2. The SMILES string of the molecule is CCCCCNC(=O)c1cccc(C(=O)Nc2ccc(C#N)cc2)n1. The number of rotatable bonds is 7. The number of benzene rings is 1. The number of hydrogen-bond donors (Lipinski definition) is 2. The third kappa shape index (κ3) is 5.43.